The second kappa shape index (κ2) is 9.43. The van der Waals surface area contributed by atoms with Gasteiger partial charge in [0.25, 0.3) is 0 Å². The molecule has 0 aliphatic rings. The van der Waals surface area contributed by atoms with Crippen LogP contribution in [0.2, 0.25) is 0 Å². The van der Waals surface area contributed by atoms with Gasteiger partial charge < -0.3 is 14.9 Å². The van der Waals surface area contributed by atoms with Gasteiger partial charge in [-0.1, -0.05) is 31.9 Å². The van der Waals surface area contributed by atoms with Crippen LogP contribution in [-0.2, 0) is 4.74 Å². The molecule has 2 N–H and O–H groups in total. The first kappa shape index (κ1) is 15.2. The Morgan fingerprint density at radius 1 is 1.38 bits per heavy atom. The van der Waals surface area contributed by atoms with Crippen LogP contribution in [0.3, 0.4) is 0 Å². The van der Waals surface area contributed by atoms with E-state index < -0.39 is 6.10 Å². The van der Waals surface area contributed by atoms with Crippen LogP contribution in [0.5, 0.6) is 0 Å². The van der Waals surface area contributed by atoms with Gasteiger partial charge in [-0.25, -0.2) is 0 Å². The van der Waals surface area contributed by atoms with Crippen LogP contribution >= 0.6 is 0 Å². The van der Waals surface area contributed by atoms with Gasteiger partial charge in [-0.2, -0.15) is 0 Å². The normalized spacial score (nSPS) is 15.1. The quantitative estimate of drug-likeness (QED) is 0.381. The number of hydrogen-bond acceptors (Lipinski definition) is 3. The van der Waals surface area contributed by atoms with Gasteiger partial charge in [-0.05, 0) is 25.8 Å². The maximum Gasteiger partial charge on any atom is 0.116 e. The third-order valence-electron chi connectivity index (χ3n) is 2.35. The number of allylic oxidation sites excluding steroid dienone is 4. The van der Waals surface area contributed by atoms with Crippen LogP contribution in [-0.4, -0.2) is 29.5 Å². The summed E-state index contributed by atoms with van der Waals surface area (Å²) in [5.41, 5.74) is 1.06. The Balaban J connectivity index is 3.99. The predicted molar refractivity (Wildman–Crippen MR) is 66.1 cm³/mol. The standard InChI is InChI=1S/C13H24O3/c1-4-5-6-7-8-11(2)12(3)16-10-13(15)9-14/h7-8,13-15H,4-6,9-10H2,1-3H3. The van der Waals surface area contributed by atoms with Gasteiger partial charge >= 0.3 is 0 Å². The second-order valence-electron chi connectivity index (χ2n) is 3.93. The van der Waals surface area contributed by atoms with Crippen molar-refractivity contribution >= 4 is 0 Å². The molecule has 0 saturated carbocycles. The summed E-state index contributed by atoms with van der Waals surface area (Å²) in [5, 5.41) is 17.7. The fourth-order valence-electron chi connectivity index (χ4n) is 1.09. The number of aliphatic hydroxyl groups is 2. The zero-order chi connectivity index (χ0) is 12.4. The molecule has 0 fully saturated rings. The minimum atomic E-state index is -0.799. The molecule has 0 spiro atoms. The zero-order valence-electron chi connectivity index (χ0n) is 10.6. The van der Waals surface area contributed by atoms with E-state index in [1.165, 1.54) is 12.8 Å². The number of hydrogen-bond donors (Lipinski definition) is 2. The molecular formula is C13H24O3. The summed E-state index contributed by atoms with van der Waals surface area (Å²) >= 11 is 0. The maximum absolute atomic E-state index is 9.12. The fraction of sp³-hybridized carbons (Fsp3) is 0.692. The van der Waals surface area contributed by atoms with Crippen LogP contribution in [0.4, 0.5) is 0 Å². The van der Waals surface area contributed by atoms with Gasteiger partial charge in [-0.15, -0.1) is 0 Å². The minimum absolute atomic E-state index is 0.141. The van der Waals surface area contributed by atoms with Crippen molar-refractivity contribution in [3.8, 4) is 0 Å². The van der Waals surface area contributed by atoms with E-state index in [4.69, 9.17) is 14.9 Å². The van der Waals surface area contributed by atoms with Crippen molar-refractivity contribution in [2.45, 2.75) is 46.1 Å². The number of rotatable bonds is 8. The third-order valence-corrected chi connectivity index (χ3v) is 2.35. The minimum Gasteiger partial charge on any atom is -0.495 e. The van der Waals surface area contributed by atoms with E-state index in [-0.39, 0.29) is 13.2 Å². The molecule has 16 heavy (non-hydrogen) atoms. The van der Waals surface area contributed by atoms with E-state index in [1.54, 1.807) is 0 Å². The van der Waals surface area contributed by atoms with Crippen LogP contribution in [0.15, 0.2) is 23.5 Å². The molecule has 0 aliphatic heterocycles. The molecule has 0 aromatic rings. The Kier molecular flexibility index (Phi) is 8.96. The fourth-order valence-corrected chi connectivity index (χ4v) is 1.09. The van der Waals surface area contributed by atoms with E-state index in [1.807, 2.05) is 19.9 Å². The van der Waals surface area contributed by atoms with Crippen LogP contribution in [0.1, 0.15) is 40.0 Å². The van der Waals surface area contributed by atoms with Gasteiger partial charge in [-0.3, -0.25) is 0 Å². The summed E-state index contributed by atoms with van der Waals surface area (Å²) in [4.78, 5) is 0. The molecule has 0 saturated heterocycles. The highest BCUT2D eigenvalue weighted by atomic mass is 16.5. The lowest BCUT2D eigenvalue weighted by Crippen LogP contribution is -2.18. The molecule has 1 atom stereocenters. The SMILES string of the molecule is CCCCC=CC(C)=C(C)OCC(O)CO. The summed E-state index contributed by atoms with van der Waals surface area (Å²) in [5.74, 6) is 0.792. The topological polar surface area (TPSA) is 49.7 Å². The van der Waals surface area contributed by atoms with E-state index in [0.717, 1.165) is 17.8 Å². The van der Waals surface area contributed by atoms with Crippen molar-refractivity contribution in [2.75, 3.05) is 13.2 Å². The molecule has 0 aromatic heterocycles. The van der Waals surface area contributed by atoms with E-state index in [9.17, 15) is 0 Å². The third kappa shape index (κ3) is 7.49. The van der Waals surface area contributed by atoms with Crippen molar-refractivity contribution in [3.63, 3.8) is 0 Å². The van der Waals surface area contributed by atoms with Gasteiger partial charge in [0.2, 0.25) is 0 Å². The first-order chi connectivity index (χ1) is 7.61. The van der Waals surface area contributed by atoms with E-state index in [2.05, 4.69) is 13.0 Å². The molecule has 0 bridgehead atoms. The molecular weight excluding hydrogens is 204 g/mol. The molecule has 0 amide bonds. The highest BCUT2D eigenvalue weighted by molar-refractivity contribution is 5.18. The van der Waals surface area contributed by atoms with Crippen molar-refractivity contribution < 1.29 is 14.9 Å². The Labute approximate surface area is 98.4 Å². The lowest BCUT2D eigenvalue weighted by atomic mass is 10.2. The molecule has 0 aromatic carbocycles. The second-order valence-corrected chi connectivity index (χ2v) is 3.93. The summed E-state index contributed by atoms with van der Waals surface area (Å²) in [6.07, 6.45) is 6.86. The smallest absolute Gasteiger partial charge is 0.116 e. The molecule has 1 unspecified atom stereocenters. The lowest BCUT2D eigenvalue weighted by Gasteiger charge is -2.11. The van der Waals surface area contributed by atoms with E-state index in [0.29, 0.717) is 0 Å². The molecule has 0 heterocycles. The summed E-state index contributed by atoms with van der Waals surface area (Å²) < 4.78 is 5.33. The molecule has 94 valence electrons. The van der Waals surface area contributed by atoms with E-state index >= 15 is 0 Å². The Morgan fingerprint density at radius 2 is 2.06 bits per heavy atom. The summed E-state index contributed by atoms with van der Waals surface area (Å²) in [6.45, 7) is 5.88. The molecule has 0 radical (unpaired) electrons. The predicted octanol–water partition coefficient (Wildman–Crippen LogP) is 2.40. The highest BCUT2D eigenvalue weighted by Crippen LogP contribution is 2.08. The number of aliphatic hydroxyl groups excluding tert-OH is 2. The number of unbranched alkanes of at least 4 members (excludes halogenated alkanes) is 2. The largest absolute Gasteiger partial charge is 0.495 e. The first-order valence-electron chi connectivity index (χ1n) is 5.87. The summed E-state index contributed by atoms with van der Waals surface area (Å²) in [7, 11) is 0. The molecule has 3 heteroatoms. The molecule has 0 aliphatic carbocycles. The molecule has 3 nitrogen and oxygen atoms in total. The first-order valence-corrected chi connectivity index (χ1v) is 5.87. The van der Waals surface area contributed by atoms with Crippen LogP contribution in [0, 0.1) is 0 Å². The van der Waals surface area contributed by atoms with Crippen LogP contribution in [0.25, 0.3) is 0 Å². The number of ether oxygens (including phenoxy) is 1. The van der Waals surface area contributed by atoms with Crippen molar-refractivity contribution in [3.05, 3.63) is 23.5 Å². The van der Waals surface area contributed by atoms with Gasteiger partial charge in [0.1, 0.15) is 12.7 Å². The average Bonchev–Trinajstić information content (AvgIpc) is 2.30. The average molecular weight is 228 g/mol. The summed E-state index contributed by atoms with van der Waals surface area (Å²) in [6, 6.07) is 0. The van der Waals surface area contributed by atoms with Gasteiger partial charge in [0.15, 0.2) is 0 Å². The molecule has 0 rings (SSSR count). The Hall–Kier alpha value is -0.800. The Bertz CT molecular complexity index is 231. The monoisotopic (exact) mass is 228 g/mol. The zero-order valence-corrected chi connectivity index (χ0v) is 10.6. The maximum atomic E-state index is 9.12. The van der Waals surface area contributed by atoms with Crippen molar-refractivity contribution in [2.24, 2.45) is 0 Å². The highest BCUT2D eigenvalue weighted by Gasteiger charge is 2.03. The van der Waals surface area contributed by atoms with Crippen molar-refractivity contribution in [1.29, 1.82) is 0 Å². The Morgan fingerprint density at radius 3 is 2.62 bits per heavy atom. The lowest BCUT2D eigenvalue weighted by molar-refractivity contribution is 0.0301. The van der Waals surface area contributed by atoms with Crippen molar-refractivity contribution in [1.82, 2.24) is 0 Å². The van der Waals surface area contributed by atoms with Gasteiger partial charge in [0.05, 0.1) is 12.4 Å². The van der Waals surface area contributed by atoms with Gasteiger partial charge in [0, 0.05) is 0 Å². The van der Waals surface area contributed by atoms with Crippen LogP contribution < -0.4 is 0 Å².